The quantitative estimate of drug-likeness (QED) is 0.689. The van der Waals surface area contributed by atoms with Crippen molar-refractivity contribution in [2.45, 2.75) is 26.4 Å². The van der Waals surface area contributed by atoms with Gasteiger partial charge < -0.3 is 10.3 Å². The summed E-state index contributed by atoms with van der Waals surface area (Å²) in [5.41, 5.74) is 7.90. The second-order valence-corrected chi connectivity index (χ2v) is 3.19. The van der Waals surface area contributed by atoms with Gasteiger partial charge in [0.15, 0.2) is 0 Å². The summed E-state index contributed by atoms with van der Waals surface area (Å²) in [7, 11) is 0. The zero-order valence-electron chi connectivity index (χ0n) is 7.62. The fourth-order valence-corrected chi connectivity index (χ4v) is 1.13. The molecule has 12 heavy (non-hydrogen) atoms. The Labute approximate surface area is 72.9 Å². The molecular formula is C9H15N3. The van der Waals surface area contributed by atoms with E-state index in [2.05, 4.69) is 11.6 Å². The lowest BCUT2D eigenvalue weighted by molar-refractivity contribution is 0.669. The van der Waals surface area contributed by atoms with Crippen LogP contribution in [0.2, 0.25) is 0 Å². The molecule has 1 aromatic heterocycles. The van der Waals surface area contributed by atoms with Crippen LogP contribution in [-0.4, -0.2) is 9.55 Å². The fourth-order valence-electron chi connectivity index (χ4n) is 1.13. The molecule has 1 atom stereocenters. The first-order valence-electron chi connectivity index (χ1n) is 4.01. The molecule has 3 nitrogen and oxygen atoms in total. The molecule has 2 N–H and O–H groups in total. The highest BCUT2D eigenvalue weighted by Crippen LogP contribution is 2.09. The summed E-state index contributed by atoms with van der Waals surface area (Å²) in [6, 6.07) is 0.0341. The molecule has 0 fully saturated rings. The number of nitrogens with zero attached hydrogens (tertiary/aromatic N) is 2. The Balaban J connectivity index is 2.84. The van der Waals surface area contributed by atoms with E-state index in [0.29, 0.717) is 0 Å². The molecule has 0 amide bonds. The van der Waals surface area contributed by atoms with E-state index < -0.39 is 0 Å². The zero-order valence-corrected chi connectivity index (χ0v) is 7.62. The average molecular weight is 165 g/mol. The molecule has 0 saturated carbocycles. The van der Waals surface area contributed by atoms with Crippen LogP contribution in [0.25, 0.3) is 0 Å². The van der Waals surface area contributed by atoms with Crippen LogP contribution in [0.3, 0.4) is 0 Å². The maximum Gasteiger partial charge on any atom is 0.0951 e. The molecule has 66 valence electrons. The molecule has 3 heteroatoms. The lowest BCUT2D eigenvalue weighted by Crippen LogP contribution is -2.12. The van der Waals surface area contributed by atoms with Crippen molar-refractivity contribution >= 4 is 0 Å². The lowest BCUT2D eigenvalue weighted by Gasteiger charge is -2.09. The molecule has 1 aromatic rings. The van der Waals surface area contributed by atoms with Crippen molar-refractivity contribution in [2.24, 2.45) is 5.73 Å². The topological polar surface area (TPSA) is 43.8 Å². The van der Waals surface area contributed by atoms with Crippen LogP contribution in [0.5, 0.6) is 0 Å². The monoisotopic (exact) mass is 165 g/mol. The number of rotatable bonds is 3. The minimum Gasteiger partial charge on any atom is -0.329 e. The largest absolute Gasteiger partial charge is 0.329 e. The second-order valence-electron chi connectivity index (χ2n) is 3.19. The normalized spacial score (nSPS) is 12.9. The van der Waals surface area contributed by atoms with Crippen LogP contribution >= 0.6 is 0 Å². The van der Waals surface area contributed by atoms with Crippen molar-refractivity contribution < 1.29 is 0 Å². The number of hydrogen-bond donors (Lipinski definition) is 1. The van der Waals surface area contributed by atoms with Crippen LogP contribution in [-0.2, 0) is 6.54 Å². The maximum absolute atomic E-state index is 5.74. The van der Waals surface area contributed by atoms with E-state index in [4.69, 9.17) is 5.73 Å². The molecule has 0 bridgehead atoms. The highest BCUT2D eigenvalue weighted by molar-refractivity contribution is 5.05. The van der Waals surface area contributed by atoms with Crippen LogP contribution in [0.15, 0.2) is 24.7 Å². The third-order valence-electron chi connectivity index (χ3n) is 1.65. The van der Waals surface area contributed by atoms with Gasteiger partial charge in [0.1, 0.15) is 0 Å². The predicted molar refractivity (Wildman–Crippen MR) is 49.6 cm³/mol. The Bertz CT molecular complexity index is 273. The van der Waals surface area contributed by atoms with Crippen molar-refractivity contribution in [1.29, 1.82) is 0 Å². The van der Waals surface area contributed by atoms with Crippen molar-refractivity contribution in [3.63, 3.8) is 0 Å². The van der Waals surface area contributed by atoms with Crippen LogP contribution in [0.4, 0.5) is 0 Å². The van der Waals surface area contributed by atoms with Crippen molar-refractivity contribution in [2.75, 3.05) is 0 Å². The van der Waals surface area contributed by atoms with Gasteiger partial charge in [-0.2, -0.15) is 0 Å². The van der Waals surface area contributed by atoms with Crippen molar-refractivity contribution in [3.05, 3.63) is 30.4 Å². The van der Waals surface area contributed by atoms with Gasteiger partial charge in [-0.25, -0.2) is 4.98 Å². The van der Waals surface area contributed by atoms with E-state index in [-0.39, 0.29) is 6.04 Å². The molecular weight excluding hydrogens is 150 g/mol. The third-order valence-corrected chi connectivity index (χ3v) is 1.65. The Morgan fingerprint density at radius 2 is 2.50 bits per heavy atom. The van der Waals surface area contributed by atoms with Crippen LogP contribution in [0.1, 0.15) is 25.6 Å². The van der Waals surface area contributed by atoms with Gasteiger partial charge in [-0.1, -0.05) is 12.2 Å². The first-order valence-corrected chi connectivity index (χ1v) is 4.01. The summed E-state index contributed by atoms with van der Waals surface area (Å²) in [6.07, 6.45) is 3.58. The van der Waals surface area contributed by atoms with Crippen LogP contribution in [0, 0.1) is 0 Å². The Hall–Kier alpha value is -1.09. The molecule has 0 aliphatic heterocycles. The van der Waals surface area contributed by atoms with Gasteiger partial charge in [-0.3, -0.25) is 0 Å². The third kappa shape index (κ3) is 1.95. The van der Waals surface area contributed by atoms with Gasteiger partial charge in [0.25, 0.3) is 0 Å². The zero-order chi connectivity index (χ0) is 9.14. The summed E-state index contributed by atoms with van der Waals surface area (Å²) >= 11 is 0. The molecule has 0 aromatic carbocycles. The van der Waals surface area contributed by atoms with Gasteiger partial charge in [-0.15, -0.1) is 0 Å². The summed E-state index contributed by atoms with van der Waals surface area (Å²) < 4.78 is 2.02. The van der Waals surface area contributed by atoms with Gasteiger partial charge in [0.05, 0.1) is 12.0 Å². The minimum atomic E-state index is 0.0341. The lowest BCUT2D eigenvalue weighted by atomic mass is 10.2. The van der Waals surface area contributed by atoms with Gasteiger partial charge in [0, 0.05) is 18.8 Å². The highest BCUT2D eigenvalue weighted by atomic mass is 15.1. The summed E-state index contributed by atoms with van der Waals surface area (Å²) in [4.78, 5) is 4.04. The smallest absolute Gasteiger partial charge is 0.0951 e. The number of allylic oxidation sites excluding steroid dienone is 1. The second kappa shape index (κ2) is 3.54. The minimum absolute atomic E-state index is 0.0341. The molecule has 1 heterocycles. The highest BCUT2D eigenvalue weighted by Gasteiger charge is 2.05. The van der Waals surface area contributed by atoms with Crippen molar-refractivity contribution in [3.8, 4) is 0 Å². The molecule has 0 aliphatic rings. The molecule has 1 unspecified atom stereocenters. The first kappa shape index (κ1) is 9.00. The predicted octanol–water partition coefficient (Wildman–Crippen LogP) is 1.48. The first-order chi connectivity index (χ1) is 5.61. The standard InChI is InChI=1S/C9H15N3/c1-7(2)5-12-6-11-4-9(12)8(3)10/h4,6,8H,1,5,10H2,2-3H3. The molecule has 0 spiro atoms. The number of nitrogens with two attached hydrogens (primary N) is 1. The summed E-state index contributed by atoms with van der Waals surface area (Å²) in [6.45, 7) is 8.58. The summed E-state index contributed by atoms with van der Waals surface area (Å²) in [5, 5.41) is 0. The molecule has 0 aliphatic carbocycles. The van der Waals surface area contributed by atoms with Crippen LogP contribution < -0.4 is 5.73 Å². The number of imidazole rings is 1. The SMILES string of the molecule is C=C(C)Cn1cncc1C(C)N. The molecule has 0 saturated heterocycles. The van der Waals surface area contributed by atoms with Gasteiger partial charge in [-0.05, 0) is 13.8 Å². The fraction of sp³-hybridized carbons (Fsp3) is 0.444. The van der Waals surface area contributed by atoms with E-state index in [1.807, 2.05) is 18.4 Å². The molecule has 0 radical (unpaired) electrons. The Morgan fingerprint density at radius 1 is 1.83 bits per heavy atom. The number of hydrogen-bond acceptors (Lipinski definition) is 2. The average Bonchev–Trinajstić information content (AvgIpc) is 2.33. The summed E-state index contributed by atoms with van der Waals surface area (Å²) in [5.74, 6) is 0. The van der Waals surface area contributed by atoms with E-state index in [9.17, 15) is 0 Å². The van der Waals surface area contributed by atoms with E-state index in [1.165, 1.54) is 0 Å². The Morgan fingerprint density at radius 3 is 3.00 bits per heavy atom. The van der Waals surface area contributed by atoms with Gasteiger partial charge >= 0.3 is 0 Å². The van der Waals surface area contributed by atoms with Crippen molar-refractivity contribution in [1.82, 2.24) is 9.55 Å². The Kier molecular flexibility index (Phi) is 2.65. The van der Waals surface area contributed by atoms with E-state index in [1.54, 1.807) is 12.5 Å². The molecule has 1 rings (SSSR count). The van der Waals surface area contributed by atoms with E-state index >= 15 is 0 Å². The van der Waals surface area contributed by atoms with E-state index in [0.717, 1.165) is 17.8 Å². The maximum atomic E-state index is 5.74. The number of aromatic nitrogens is 2. The van der Waals surface area contributed by atoms with Gasteiger partial charge in [0.2, 0.25) is 0 Å².